The van der Waals surface area contributed by atoms with Gasteiger partial charge in [0.25, 0.3) is 0 Å². The van der Waals surface area contributed by atoms with E-state index >= 15 is 0 Å². The van der Waals surface area contributed by atoms with Crippen molar-refractivity contribution in [2.75, 3.05) is 20.3 Å². The van der Waals surface area contributed by atoms with E-state index in [0.717, 1.165) is 19.3 Å². The standard InChI is InChI=1S/C20H32O3/c1-7-19(2,3)17-10-8-16(9-11-17)12-13-20(4,5)18(21)23-15-14-22-6/h8-11H,7,12-15H2,1-6H3. The van der Waals surface area contributed by atoms with Gasteiger partial charge in [0, 0.05) is 7.11 Å². The molecule has 0 bridgehead atoms. The monoisotopic (exact) mass is 320 g/mol. The lowest BCUT2D eigenvalue weighted by atomic mass is 9.81. The van der Waals surface area contributed by atoms with Crippen LogP contribution in [0.3, 0.4) is 0 Å². The summed E-state index contributed by atoms with van der Waals surface area (Å²) in [5.41, 5.74) is 2.36. The zero-order valence-electron chi connectivity index (χ0n) is 15.6. The second-order valence-corrected chi connectivity index (χ2v) is 7.45. The van der Waals surface area contributed by atoms with E-state index in [9.17, 15) is 4.79 Å². The smallest absolute Gasteiger partial charge is 0.311 e. The lowest BCUT2D eigenvalue weighted by Crippen LogP contribution is -2.28. The number of carbonyl (C=O) groups excluding carboxylic acids is 1. The number of esters is 1. The third-order valence-corrected chi connectivity index (χ3v) is 4.73. The summed E-state index contributed by atoms with van der Waals surface area (Å²) in [7, 11) is 1.60. The van der Waals surface area contributed by atoms with Gasteiger partial charge in [-0.2, -0.15) is 0 Å². The maximum Gasteiger partial charge on any atom is 0.311 e. The van der Waals surface area contributed by atoms with Gasteiger partial charge in [-0.05, 0) is 49.7 Å². The van der Waals surface area contributed by atoms with E-state index in [-0.39, 0.29) is 11.4 Å². The Morgan fingerprint density at radius 2 is 1.65 bits per heavy atom. The fourth-order valence-electron chi connectivity index (χ4n) is 2.30. The van der Waals surface area contributed by atoms with E-state index in [0.29, 0.717) is 13.2 Å². The molecular formula is C20H32O3. The quantitative estimate of drug-likeness (QED) is 0.495. The minimum Gasteiger partial charge on any atom is -0.463 e. The van der Waals surface area contributed by atoms with Crippen molar-refractivity contribution < 1.29 is 14.3 Å². The number of rotatable bonds is 9. The van der Waals surface area contributed by atoms with Gasteiger partial charge in [-0.15, -0.1) is 0 Å². The molecule has 23 heavy (non-hydrogen) atoms. The number of hydrogen-bond acceptors (Lipinski definition) is 3. The summed E-state index contributed by atoms with van der Waals surface area (Å²) in [6, 6.07) is 8.78. The lowest BCUT2D eigenvalue weighted by molar-refractivity contribution is -0.155. The average molecular weight is 320 g/mol. The van der Waals surface area contributed by atoms with E-state index in [1.165, 1.54) is 11.1 Å². The molecule has 0 fully saturated rings. The maximum atomic E-state index is 12.1. The number of ether oxygens (including phenoxy) is 2. The second-order valence-electron chi connectivity index (χ2n) is 7.45. The van der Waals surface area contributed by atoms with Gasteiger partial charge < -0.3 is 9.47 Å². The molecule has 1 rings (SSSR count). The minimum absolute atomic E-state index is 0.154. The van der Waals surface area contributed by atoms with Gasteiger partial charge in [0.2, 0.25) is 0 Å². The van der Waals surface area contributed by atoms with E-state index in [1.54, 1.807) is 7.11 Å². The second kappa shape index (κ2) is 8.49. The van der Waals surface area contributed by atoms with Crippen molar-refractivity contribution in [1.29, 1.82) is 0 Å². The molecule has 3 nitrogen and oxygen atoms in total. The Bertz CT molecular complexity index is 486. The molecule has 1 aromatic carbocycles. The first-order chi connectivity index (χ1) is 10.7. The molecule has 0 unspecified atom stereocenters. The highest BCUT2D eigenvalue weighted by molar-refractivity contribution is 5.75. The predicted molar refractivity (Wildman–Crippen MR) is 94.7 cm³/mol. The summed E-state index contributed by atoms with van der Waals surface area (Å²) in [4.78, 5) is 12.1. The third-order valence-electron chi connectivity index (χ3n) is 4.73. The molecule has 1 aromatic rings. The van der Waals surface area contributed by atoms with Crippen molar-refractivity contribution in [2.45, 2.75) is 59.3 Å². The number of benzene rings is 1. The van der Waals surface area contributed by atoms with Gasteiger partial charge in [-0.1, -0.05) is 45.0 Å². The first-order valence-electron chi connectivity index (χ1n) is 8.48. The van der Waals surface area contributed by atoms with Crippen LogP contribution < -0.4 is 0 Å². The van der Waals surface area contributed by atoms with Crippen molar-refractivity contribution in [2.24, 2.45) is 5.41 Å². The number of hydrogen-bond donors (Lipinski definition) is 0. The van der Waals surface area contributed by atoms with Gasteiger partial charge in [0.15, 0.2) is 0 Å². The van der Waals surface area contributed by atoms with Gasteiger partial charge in [0.1, 0.15) is 6.61 Å². The normalized spacial score (nSPS) is 12.3. The molecule has 0 radical (unpaired) electrons. The summed E-state index contributed by atoms with van der Waals surface area (Å²) in [6.45, 7) is 11.4. The largest absolute Gasteiger partial charge is 0.463 e. The third kappa shape index (κ3) is 5.98. The Labute approximate surface area is 141 Å². The molecule has 0 saturated carbocycles. The summed E-state index contributed by atoms with van der Waals surface area (Å²) in [5.74, 6) is -0.154. The SMILES string of the molecule is CCC(C)(C)c1ccc(CCC(C)(C)C(=O)OCCOC)cc1. The van der Waals surface area contributed by atoms with Gasteiger partial charge >= 0.3 is 5.97 Å². The molecule has 0 aliphatic heterocycles. The fraction of sp³-hybridized carbons (Fsp3) is 0.650. The Hall–Kier alpha value is -1.35. The molecule has 0 aliphatic carbocycles. The fourth-order valence-corrected chi connectivity index (χ4v) is 2.30. The van der Waals surface area contributed by atoms with Crippen LogP contribution in [0.1, 0.15) is 58.6 Å². The van der Waals surface area contributed by atoms with Crippen LogP contribution in [0.2, 0.25) is 0 Å². The highest BCUT2D eigenvalue weighted by Crippen LogP contribution is 2.28. The summed E-state index contributed by atoms with van der Waals surface area (Å²) >= 11 is 0. The molecule has 0 atom stereocenters. The van der Waals surface area contributed by atoms with E-state index in [2.05, 4.69) is 45.0 Å². The van der Waals surface area contributed by atoms with Gasteiger partial charge in [0.05, 0.1) is 12.0 Å². The molecular weight excluding hydrogens is 288 g/mol. The highest BCUT2D eigenvalue weighted by atomic mass is 16.6. The zero-order valence-corrected chi connectivity index (χ0v) is 15.6. The lowest BCUT2D eigenvalue weighted by Gasteiger charge is -2.24. The molecule has 3 heteroatoms. The summed E-state index contributed by atoms with van der Waals surface area (Å²) in [5, 5.41) is 0. The number of methoxy groups -OCH3 is 1. The summed E-state index contributed by atoms with van der Waals surface area (Å²) in [6.07, 6.45) is 2.77. The average Bonchev–Trinajstić information content (AvgIpc) is 2.53. The first-order valence-corrected chi connectivity index (χ1v) is 8.48. The number of carbonyl (C=O) groups is 1. The van der Waals surface area contributed by atoms with E-state index in [4.69, 9.17) is 9.47 Å². The van der Waals surface area contributed by atoms with Crippen molar-refractivity contribution >= 4 is 5.97 Å². The Kier molecular flexibility index (Phi) is 7.27. The van der Waals surface area contributed by atoms with Gasteiger partial charge in [-0.3, -0.25) is 4.79 Å². The Morgan fingerprint density at radius 3 is 2.17 bits per heavy atom. The topological polar surface area (TPSA) is 35.5 Å². The molecule has 0 heterocycles. The van der Waals surface area contributed by atoms with Crippen molar-refractivity contribution in [3.63, 3.8) is 0 Å². The van der Waals surface area contributed by atoms with E-state index in [1.807, 2.05) is 13.8 Å². The van der Waals surface area contributed by atoms with Crippen molar-refractivity contribution in [3.8, 4) is 0 Å². The predicted octanol–water partition coefficient (Wildman–Crippen LogP) is 4.52. The van der Waals surface area contributed by atoms with Crippen LogP contribution in [0.15, 0.2) is 24.3 Å². The first kappa shape index (κ1) is 19.7. The van der Waals surface area contributed by atoms with Crippen LogP contribution in [0, 0.1) is 5.41 Å². The molecule has 130 valence electrons. The molecule has 0 amide bonds. The van der Waals surface area contributed by atoms with E-state index < -0.39 is 5.41 Å². The molecule has 0 spiro atoms. The minimum atomic E-state index is -0.477. The summed E-state index contributed by atoms with van der Waals surface area (Å²) < 4.78 is 10.2. The molecule has 0 N–H and O–H groups in total. The van der Waals surface area contributed by atoms with Crippen LogP contribution in [0.25, 0.3) is 0 Å². The van der Waals surface area contributed by atoms with Crippen LogP contribution in [-0.2, 0) is 26.1 Å². The molecule has 0 aromatic heterocycles. The van der Waals surface area contributed by atoms with Crippen LogP contribution >= 0.6 is 0 Å². The van der Waals surface area contributed by atoms with Crippen molar-refractivity contribution in [1.82, 2.24) is 0 Å². The van der Waals surface area contributed by atoms with Crippen LogP contribution in [-0.4, -0.2) is 26.3 Å². The maximum absolute atomic E-state index is 12.1. The number of aryl methyl sites for hydroxylation is 1. The van der Waals surface area contributed by atoms with Gasteiger partial charge in [-0.25, -0.2) is 0 Å². The highest BCUT2D eigenvalue weighted by Gasteiger charge is 2.29. The molecule has 0 aliphatic rings. The molecule has 0 saturated heterocycles. The van der Waals surface area contributed by atoms with Crippen LogP contribution in [0.4, 0.5) is 0 Å². The van der Waals surface area contributed by atoms with Crippen molar-refractivity contribution in [3.05, 3.63) is 35.4 Å². The van der Waals surface area contributed by atoms with Crippen LogP contribution in [0.5, 0.6) is 0 Å². The Balaban J connectivity index is 2.58. The Morgan fingerprint density at radius 1 is 1.04 bits per heavy atom. The zero-order chi connectivity index (χ0) is 17.5.